The van der Waals surface area contributed by atoms with E-state index >= 15 is 0 Å². The largest absolute Gasteiger partial charge is 0.494 e. The monoisotopic (exact) mass is 1310 g/mol. The Morgan fingerprint density at radius 1 is 0.250 bits per heavy atom. The summed E-state index contributed by atoms with van der Waals surface area (Å²) in [5, 5.41) is 0. The van der Waals surface area contributed by atoms with Gasteiger partial charge in [-0.25, -0.2) is 9.59 Å². The minimum absolute atomic E-state index is 0.0254. The lowest BCUT2D eigenvalue weighted by molar-refractivity contribution is 0.0682. The molecular weight excluding hydrogens is 1180 g/mol. The number of hydrogen-bond donors (Lipinski definition) is 0. The molecule has 0 aromatic heterocycles. The predicted molar refractivity (Wildman–Crippen MR) is 402 cm³/mol. The summed E-state index contributed by atoms with van der Waals surface area (Å²) in [5.74, 6) is 15.1. The van der Waals surface area contributed by atoms with E-state index in [9.17, 15) is 9.59 Å². The van der Waals surface area contributed by atoms with E-state index in [1.165, 1.54) is 244 Å². The number of unbranched alkanes of at least 4 members (excludes halogenated alkanes) is 40. The Morgan fingerprint density at radius 3 is 0.667 bits per heavy atom. The zero-order valence-corrected chi connectivity index (χ0v) is 60.6. The van der Waals surface area contributed by atoms with Gasteiger partial charge in [-0.3, -0.25) is 0 Å². The predicted octanol–water partition coefficient (Wildman–Crippen LogP) is 25.7. The van der Waals surface area contributed by atoms with Crippen LogP contribution in [0.1, 0.15) is 353 Å². The van der Waals surface area contributed by atoms with Crippen molar-refractivity contribution < 1.29 is 38.0 Å². The molecule has 0 radical (unpaired) electrons. The zero-order chi connectivity index (χ0) is 67.8. The minimum Gasteiger partial charge on any atom is -0.494 e. The molecule has 0 unspecified atom stereocenters. The van der Waals surface area contributed by atoms with Crippen molar-refractivity contribution in [3.05, 3.63) is 143 Å². The topological polar surface area (TPSA) is 89.5 Å². The molecule has 5 aromatic carbocycles. The molecule has 0 spiro atoms. The minimum atomic E-state index is -0.629. The summed E-state index contributed by atoms with van der Waals surface area (Å²) < 4.78 is 36.9. The summed E-state index contributed by atoms with van der Waals surface area (Å²) in [5.41, 5.74) is 3.13. The zero-order valence-electron chi connectivity index (χ0n) is 60.6. The van der Waals surface area contributed by atoms with Crippen LogP contribution in [0, 0.1) is 23.7 Å². The van der Waals surface area contributed by atoms with Crippen LogP contribution in [0.2, 0.25) is 0 Å². The van der Waals surface area contributed by atoms with Gasteiger partial charge in [0.05, 0.1) is 37.6 Å². The first kappa shape index (κ1) is 80.0. The maximum Gasteiger partial charge on any atom is 0.343 e. The molecule has 0 aliphatic heterocycles. The van der Waals surface area contributed by atoms with E-state index in [0.29, 0.717) is 60.2 Å². The molecule has 0 bridgehead atoms. The number of rotatable bonds is 56. The molecule has 526 valence electrons. The van der Waals surface area contributed by atoms with Gasteiger partial charge in [0.25, 0.3) is 0 Å². The van der Waals surface area contributed by atoms with Crippen molar-refractivity contribution in [1.29, 1.82) is 0 Å². The van der Waals surface area contributed by atoms with E-state index in [4.69, 9.17) is 28.4 Å². The summed E-state index contributed by atoms with van der Waals surface area (Å²) in [7, 11) is 0. The standard InChI is InChI=1S/C88H126O8/c1-5-9-13-17-21-25-29-33-37-41-45-69-91-81-61-51-75(52-62-81)49-55-79-73-85(95-87(89)77-57-65-83(66-58-77)93-71-47-43-39-35-31-27-23-19-15-11-7-3)86(96-88(90)78-59-67-84(68-60-78)94-72-48-44-40-36-32-28-24-20-16-12-8-4)74-80(79)56-50-76-53-63-82(64-54-76)92-70-46-42-38-34-30-26-22-18-14-10-6-2/h51-54,57-68,73-74H,5-48,69-72H2,1-4H3. The highest BCUT2D eigenvalue weighted by atomic mass is 16.6. The van der Waals surface area contributed by atoms with Crippen LogP contribution < -0.4 is 28.4 Å². The fourth-order valence-electron chi connectivity index (χ4n) is 12.0. The highest BCUT2D eigenvalue weighted by Crippen LogP contribution is 2.34. The lowest BCUT2D eigenvalue weighted by atomic mass is 10.0. The number of esters is 2. The van der Waals surface area contributed by atoms with Gasteiger partial charge in [-0.2, -0.15) is 0 Å². The summed E-state index contributed by atoms with van der Waals surface area (Å²) in [6, 6.07) is 32.9. The number of carbonyl (C=O) groups is 2. The van der Waals surface area contributed by atoms with Gasteiger partial charge in [0.15, 0.2) is 11.5 Å². The molecule has 96 heavy (non-hydrogen) atoms. The van der Waals surface area contributed by atoms with E-state index in [2.05, 4.69) is 51.4 Å². The molecule has 0 atom stereocenters. The van der Waals surface area contributed by atoms with Gasteiger partial charge in [0, 0.05) is 34.4 Å². The van der Waals surface area contributed by atoms with Crippen molar-refractivity contribution in [3.8, 4) is 58.2 Å². The molecule has 0 saturated heterocycles. The maximum absolute atomic E-state index is 14.2. The average molecular weight is 1310 g/mol. The molecule has 0 aliphatic rings. The van der Waals surface area contributed by atoms with Crippen molar-refractivity contribution >= 4 is 11.9 Å². The van der Waals surface area contributed by atoms with E-state index in [1.54, 1.807) is 60.7 Å². The van der Waals surface area contributed by atoms with Crippen LogP contribution >= 0.6 is 0 Å². The highest BCUT2D eigenvalue weighted by Gasteiger charge is 2.20. The first-order valence-electron chi connectivity index (χ1n) is 39.0. The second-order valence-electron chi connectivity index (χ2n) is 26.8. The Hall–Kier alpha value is -6.64. The molecule has 0 heterocycles. The van der Waals surface area contributed by atoms with E-state index < -0.39 is 11.9 Å². The fraction of sp³-hybridized carbons (Fsp3) is 0.591. The molecule has 0 amide bonds. The fourth-order valence-corrected chi connectivity index (χ4v) is 12.0. The summed E-state index contributed by atoms with van der Waals surface area (Å²) in [6.45, 7) is 11.6. The van der Waals surface area contributed by atoms with Crippen LogP contribution in [-0.4, -0.2) is 38.4 Å². The third-order valence-electron chi connectivity index (χ3n) is 18.1. The molecule has 0 saturated carbocycles. The first-order valence-corrected chi connectivity index (χ1v) is 39.0. The summed E-state index contributed by atoms with van der Waals surface area (Å²) in [4.78, 5) is 28.4. The van der Waals surface area contributed by atoms with Gasteiger partial charge in [-0.15, -0.1) is 0 Å². The van der Waals surface area contributed by atoms with Gasteiger partial charge in [-0.05, 0) is 123 Å². The normalized spacial score (nSPS) is 11.0. The number of ether oxygens (including phenoxy) is 6. The Morgan fingerprint density at radius 2 is 0.448 bits per heavy atom. The molecule has 8 nitrogen and oxygen atoms in total. The van der Waals surface area contributed by atoms with Gasteiger partial charge in [-0.1, -0.05) is 308 Å². The van der Waals surface area contributed by atoms with Gasteiger partial charge < -0.3 is 28.4 Å². The SMILES string of the molecule is CCCCCCCCCCCCCOc1ccc(C#Cc2cc(OC(=O)c3ccc(OCCCCCCCCCCCCC)cc3)c(OC(=O)c3ccc(OCCCCCCCCCCCCC)cc3)cc2C#Cc2ccc(OCCCCCCCCCCCCC)cc2)cc1. The Labute approximate surface area is 584 Å². The van der Waals surface area contributed by atoms with Crippen molar-refractivity contribution in [1.82, 2.24) is 0 Å². The van der Waals surface area contributed by atoms with Crippen LogP contribution in [0.15, 0.2) is 109 Å². The highest BCUT2D eigenvalue weighted by molar-refractivity contribution is 5.93. The third-order valence-corrected chi connectivity index (χ3v) is 18.1. The molecule has 0 fully saturated rings. The van der Waals surface area contributed by atoms with Crippen LogP contribution in [0.4, 0.5) is 0 Å². The van der Waals surface area contributed by atoms with E-state index in [-0.39, 0.29) is 11.5 Å². The second-order valence-corrected chi connectivity index (χ2v) is 26.8. The third kappa shape index (κ3) is 37.8. The molecule has 5 aromatic rings. The van der Waals surface area contributed by atoms with Crippen molar-refractivity contribution in [2.24, 2.45) is 0 Å². The van der Waals surface area contributed by atoms with Crippen LogP contribution in [0.25, 0.3) is 0 Å². The summed E-state index contributed by atoms with van der Waals surface area (Å²) in [6.07, 6.45) is 56.2. The van der Waals surface area contributed by atoms with Crippen molar-refractivity contribution in [2.45, 2.75) is 310 Å². The van der Waals surface area contributed by atoms with Crippen LogP contribution in [0.3, 0.4) is 0 Å². The van der Waals surface area contributed by atoms with E-state index in [0.717, 1.165) is 61.2 Å². The average Bonchev–Trinajstić information content (AvgIpc) is 0.825. The van der Waals surface area contributed by atoms with E-state index in [1.807, 2.05) is 48.5 Å². The lowest BCUT2D eigenvalue weighted by Crippen LogP contribution is -2.13. The summed E-state index contributed by atoms with van der Waals surface area (Å²) >= 11 is 0. The number of hydrogen-bond acceptors (Lipinski definition) is 8. The molecule has 5 rings (SSSR count). The lowest BCUT2D eigenvalue weighted by Gasteiger charge is -2.13. The Kier molecular flexibility index (Phi) is 45.3. The molecule has 8 heteroatoms. The second kappa shape index (κ2) is 54.4. The number of benzene rings is 5. The Bertz CT molecular complexity index is 2690. The Balaban J connectivity index is 1.30. The van der Waals surface area contributed by atoms with Crippen LogP contribution in [0.5, 0.6) is 34.5 Å². The van der Waals surface area contributed by atoms with Crippen molar-refractivity contribution in [3.63, 3.8) is 0 Å². The van der Waals surface area contributed by atoms with Gasteiger partial charge in [0.2, 0.25) is 0 Å². The van der Waals surface area contributed by atoms with Crippen molar-refractivity contribution in [2.75, 3.05) is 26.4 Å². The van der Waals surface area contributed by atoms with Crippen LogP contribution in [-0.2, 0) is 0 Å². The maximum atomic E-state index is 14.2. The molecule has 0 N–H and O–H groups in total. The number of carbonyl (C=O) groups excluding carboxylic acids is 2. The smallest absolute Gasteiger partial charge is 0.343 e. The quantitative estimate of drug-likeness (QED) is 0.0165. The van der Waals surface area contributed by atoms with Gasteiger partial charge >= 0.3 is 11.9 Å². The first-order chi connectivity index (χ1) is 47.4. The molecule has 0 aliphatic carbocycles. The van der Waals surface area contributed by atoms with Gasteiger partial charge in [0.1, 0.15) is 23.0 Å². The molecular formula is C88H126O8.